The highest BCUT2D eigenvalue weighted by molar-refractivity contribution is 8.04. The Hall–Kier alpha value is -1.70. The Bertz CT molecular complexity index is 686. The molecule has 0 radical (unpaired) electrons. The summed E-state index contributed by atoms with van der Waals surface area (Å²) in [5.74, 6) is 0. The van der Waals surface area contributed by atoms with Gasteiger partial charge in [-0.1, -0.05) is 36.4 Å². The zero-order valence-electron chi connectivity index (χ0n) is 9.72. The summed E-state index contributed by atoms with van der Waals surface area (Å²) in [5.41, 5.74) is 0. The van der Waals surface area contributed by atoms with Gasteiger partial charge in [-0.2, -0.15) is 0 Å². The monoisotopic (exact) mass is 297 g/mol. The molecule has 0 aliphatic heterocycles. The second kappa shape index (κ2) is 5.12. The molecule has 0 heterocycles. The highest BCUT2D eigenvalue weighted by Crippen LogP contribution is 2.13. The zero-order chi connectivity index (χ0) is 13.9. The molecule has 1 N–H and O–H groups in total. The molecule has 0 bridgehead atoms. The van der Waals surface area contributed by atoms with Gasteiger partial charge < -0.3 is 0 Å². The summed E-state index contributed by atoms with van der Waals surface area (Å²) in [6, 6.07) is 14.6. The average Bonchev–Trinajstić information content (AvgIpc) is 2.40. The molecule has 0 atom stereocenters. The Labute approximate surface area is 112 Å². The SMILES string of the molecule is O=S(=O)(NS(=O)(=O)c1ccccc1)c1ccccc1. The Morgan fingerprint density at radius 2 is 0.895 bits per heavy atom. The van der Waals surface area contributed by atoms with Gasteiger partial charge in [0.05, 0.1) is 9.79 Å². The van der Waals surface area contributed by atoms with Gasteiger partial charge in [0.15, 0.2) is 0 Å². The third-order valence-corrected chi connectivity index (χ3v) is 5.87. The molecule has 2 aromatic rings. The summed E-state index contributed by atoms with van der Waals surface area (Å²) in [6.07, 6.45) is 0. The summed E-state index contributed by atoms with van der Waals surface area (Å²) >= 11 is 0. The van der Waals surface area contributed by atoms with Gasteiger partial charge >= 0.3 is 0 Å². The van der Waals surface area contributed by atoms with Crippen LogP contribution in [0.15, 0.2) is 70.5 Å². The molecular formula is C12H11NO4S2. The minimum absolute atomic E-state index is 0.102. The maximum atomic E-state index is 11.9. The molecule has 0 amide bonds. The fourth-order valence-electron chi connectivity index (χ4n) is 1.44. The van der Waals surface area contributed by atoms with Crippen molar-refractivity contribution in [3.63, 3.8) is 0 Å². The molecule has 19 heavy (non-hydrogen) atoms. The molecule has 0 aliphatic rings. The lowest BCUT2D eigenvalue weighted by atomic mass is 10.4. The number of nitrogens with one attached hydrogen (secondary N) is 1. The predicted octanol–water partition coefficient (Wildman–Crippen LogP) is 1.35. The summed E-state index contributed by atoms with van der Waals surface area (Å²) < 4.78 is 49.4. The van der Waals surface area contributed by atoms with Gasteiger partial charge in [0, 0.05) is 0 Å². The molecular weight excluding hydrogens is 286 g/mol. The first-order valence-corrected chi connectivity index (χ1v) is 8.27. The lowest BCUT2D eigenvalue weighted by Crippen LogP contribution is -2.30. The second-order valence-electron chi connectivity index (χ2n) is 3.72. The Balaban J connectivity index is 2.37. The van der Waals surface area contributed by atoms with Crippen LogP contribution in [0.2, 0.25) is 0 Å². The molecule has 0 unspecified atom stereocenters. The topological polar surface area (TPSA) is 80.3 Å². The molecule has 7 heteroatoms. The van der Waals surface area contributed by atoms with Gasteiger partial charge in [0.1, 0.15) is 0 Å². The predicted molar refractivity (Wildman–Crippen MR) is 70.4 cm³/mol. The maximum absolute atomic E-state index is 11.9. The van der Waals surface area contributed by atoms with Crippen molar-refractivity contribution < 1.29 is 16.8 Å². The summed E-state index contributed by atoms with van der Waals surface area (Å²) in [7, 11) is -8.21. The van der Waals surface area contributed by atoms with Crippen molar-refractivity contribution in [2.75, 3.05) is 0 Å². The van der Waals surface area contributed by atoms with Crippen LogP contribution in [0.1, 0.15) is 0 Å². The summed E-state index contributed by atoms with van der Waals surface area (Å²) in [5, 5.41) is 0. The Morgan fingerprint density at radius 1 is 0.579 bits per heavy atom. The third-order valence-electron chi connectivity index (χ3n) is 2.33. The molecule has 100 valence electrons. The number of benzene rings is 2. The Morgan fingerprint density at radius 3 is 1.21 bits per heavy atom. The van der Waals surface area contributed by atoms with E-state index >= 15 is 0 Å². The first kappa shape index (κ1) is 13.7. The molecule has 0 aromatic heterocycles. The summed E-state index contributed by atoms with van der Waals surface area (Å²) in [4.78, 5) is -0.205. The van der Waals surface area contributed by atoms with Crippen molar-refractivity contribution in [1.29, 1.82) is 0 Å². The minimum Gasteiger partial charge on any atom is -0.206 e. The van der Waals surface area contributed by atoms with Crippen LogP contribution in [0.5, 0.6) is 0 Å². The van der Waals surface area contributed by atoms with E-state index in [0.717, 1.165) is 0 Å². The maximum Gasteiger partial charge on any atom is 0.253 e. The molecule has 0 saturated heterocycles. The molecule has 0 spiro atoms. The van der Waals surface area contributed by atoms with Crippen LogP contribution in [0, 0.1) is 0 Å². The van der Waals surface area contributed by atoms with Crippen LogP contribution in [-0.4, -0.2) is 16.8 Å². The number of rotatable bonds is 4. The van der Waals surface area contributed by atoms with E-state index in [1.54, 1.807) is 16.3 Å². The van der Waals surface area contributed by atoms with E-state index in [1.807, 2.05) is 0 Å². The third kappa shape index (κ3) is 3.19. The minimum atomic E-state index is -4.10. The number of hydrogen-bond donors (Lipinski definition) is 1. The lowest BCUT2D eigenvalue weighted by molar-refractivity contribution is 0.577. The highest BCUT2D eigenvalue weighted by Gasteiger charge is 2.23. The van der Waals surface area contributed by atoms with Gasteiger partial charge in [-0.3, -0.25) is 0 Å². The standard InChI is InChI=1S/C12H11NO4S2/c14-18(15,11-7-3-1-4-8-11)13-19(16,17)12-9-5-2-6-10-12/h1-10,13H. The van der Waals surface area contributed by atoms with Crippen LogP contribution in [0.25, 0.3) is 0 Å². The van der Waals surface area contributed by atoms with Crippen LogP contribution in [0.4, 0.5) is 0 Å². The number of hydrogen-bond acceptors (Lipinski definition) is 4. The van der Waals surface area contributed by atoms with E-state index < -0.39 is 20.0 Å². The van der Waals surface area contributed by atoms with Crippen molar-refractivity contribution in [3.8, 4) is 0 Å². The van der Waals surface area contributed by atoms with E-state index in [9.17, 15) is 16.8 Å². The average molecular weight is 297 g/mol. The lowest BCUT2D eigenvalue weighted by Gasteiger charge is -2.07. The first-order valence-electron chi connectivity index (χ1n) is 5.30. The fraction of sp³-hybridized carbons (Fsp3) is 0. The molecule has 0 fully saturated rings. The Kier molecular flexibility index (Phi) is 3.70. The molecule has 0 aliphatic carbocycles. The molecule has 5 nitrogen and oxygen atoms in total. The molecule has 0 saturated carbocycles. The van der Waals surface area contributed by atoms with Crippen LogP contribution in [0.3, 0.4) is 0 Å². The summed E-state index contributed by atoms with van der Waals surface area (Å²) in [6.45, 7) is 0. The fourth-order valence-corrected chi connectivity index (χ4v) is 4.40. The van der Waals surface area contributed by atoms with Gasteiger partial charge in [-0.15, -0.1) is 4.13 Å². The van der Waals surface area contributed by atoms with E-state index in [0.29, 0.717) is 0 Å². The van der Waals surface area contributed by atoms with Crippen molar-refractivity contribution >= 4 is 20.0 Å². The van der Waals surface area contributed by atoms with Gasteiger partial charge in [-0.25, -0.2) is 16.8 Å². The highest BCUT2D eigenvalue weighted by atomic mass is 32.3. The van der Waals surface area contributed by atoms with E-state index in [1.165, 1.54) is 48.5 Å². The van der Waals surface area contributed by atoms with Crippen LogP contribution in [-0.2, 0) is 20.0 Å². The second-order valence-corrected chi connectivity index (χ2v) is 7.34. The van der Waals surface area contributed by atoms with E-state index in [4.69, 9.17) is 0 Å². The van der Waals surface area contributed by atoms with Crippen LogP contribution < -0.4 is 4.13 Å². The normalized spacial score (nSPS) is 12.2. The smallest absolute Gasteiger partial charge is 0.206 e. The van der Waals surface area contributed by atoms with Gasteiger partial charge in [0.2, 0.25) is 0 Å². The van der Waals surface area contributed by atoms with E-state index in [2.05, 4.69) is 0 Å². The van der Waals surface area contributed by atoms with Crippen molar-refractivity contribution in [1.82, 2.24) is 4.13 Å². The van der Waals surface area contributed by atoms with Crippen molar-refractivity contribution in [2.24, 2.45) is 0 Å². The van der Waals surface area contributed by atoms with Gasteiger partial charge in [0.25, 0.3) is 20.0 Å². The van der Waals surface area contributed by atoms with Crippen LogP contribution >= 0.6 is 0 Å². The first-order chi connectivity index (χ1) is 8.92. The quantitative estimate of drug-likeness (QED) is 0.924. The van der Waals surface area contributed by atoms with Gasteiger partial charge in [-0.05, 0) is 24.3 Å². The van der Waals surface area contributed by atoms with Crippen molar-refractivity contribution in [3.05, 3.63) is 60.7 Å². The van der Waals surface area contributed by atoms with E-state index in [-0.39, 0.29) is 9.79 Å². The zero-order valence-corrected chi connectivity index (χ0v) is 11.4. The van der Waals surface area contributed by atoms with Crippen molar-refractivity contribution in [2.45, 2.75) is 9.79 Å². The molecule has 2 aromatic carbocycles. The molecule has 2 rings (SSSR count). The largest absolute Gasteiger partial charge is 0.253 e. The number of sulfonamides is 2.